The highest BCUT2D eigenvalue weighted by Gasteiger charge is 2.19. The van der Waals surface area contributed by atoms with Crippen molar-refractivity contribution < 1.29 is 19.4 Å². The molecule has 0 aliphatic heterocycles. The lowest BCUT2D eigenvalue weighted by Gasteiger charge is -2.11. The topological polar surface area (TPSA) is 63.6 Å². The van der Waals surface area contributed by atoms with Crippen LogP contribution in [0.4, 0.5) is 0 Å². The summed E-state index contributed by atoms with van der Waals surface area (Å²) in [5, 5.41) is 9.85. The number of hydrogen-bond acceptors (Lipinski definition) is 4. The zero-order valence-electron chi connectivity index (χ0n) is 11.9. The standard InChI is InChI=1S/C17H16O4/c1-11-14(12(2)18)8-9-15(19)16(11)17(20)21-10-13-6-4-3-5-7-13/h3-9,19H,10H2,1-2H3. The number of benzene rings is 2. The van der Waals surface area contributed by atoms with E-state index < -0.39 is 5.97 Å². The number of hydrogen-bond donors (Lipinski definition) is 1. The fraction of sp³-hybridized carbons (Fsp3) is 0.176. The maximum Gasteiger partial charge on any atom is 0.342 e. The van der Waals surface area contributed by atoms with E-state index in [2.05, 4.69) is 0 Å². The Hall–Kier alpha value is -2.62. The SMILES string of the molecule is CC(=O)c1ccc(O)c(C(=O)OCc2ccccc2)c1C. The zero-order chi connectivity index (χ0) is 15.4. The van der Waals surface area contributed by atoms with E-state index in [-0.39, 0.29) is 23.7 Å². The minimum absolute atomic E-state index is 0.0404. The van der Waals surface area contributed by atoms with Gasteiger partial charge >= 0.3 is 5.97 Å². The number of carbonyl (C=O) groups is 2. The summed E-state index contributed by atoms with van der Waals surface area (Å²) in [7, 11) is 0. The Morgan fingerprint density at radius 2 is 1.76 bits per heavy atom. The summed E-state index contributed by atoms with van der Waals surface area (Å²) in [5.41, 5.74) is 1.73. The molecule has 0 radical (unpaired) electrons. The van der Waals surface area contributed by atoms with Crippen LogP contribution in [0.3, 0.4) is 0 Å². The molecular weight excluding hydrogens is 268 g/mol. The van der Waals surface area contributed by atoms with E-state index in [4.69, 9.17) is 4.74 Å². The smallest absolute Gasteiger partial charge is 0.342 e. The van der Waals surface area contributed by atoms with Gasteiger partial charge in [-0.1, -0.05) is 30.3 Å². The third kappa shape index (κ3) is 3.28. The van der Waals surface area contributed by atoms with Gasteiger partial charge in [-0.3, -0.25) is 4.79 Å². The molecule has 0 saturated carbocycles. The van der Waals surface area contributed by atoms with Crippen LogP contribution in [0.2, 0.25) is 0 Å². The molecular formula is C17H16O4. The van der Waals surface area contributed by atoms with Gasteiger partial charge in [0.15, 0.2) is 5.78 Å². The molecule has 4 nitrogen and oxygen atoms in total. The van der Waals surface area contributed by atoms with E-state index in [0.29, 0.717) is 11.1 Å². The summed E-state index contributed by atoms with van der Waals surface area (Å²) in [6.07, 6.45) is 0. The van der Waals surface area contributed by atoms with Crippen LogP contribution in [0, 0.1) is 6.92 Å². The van der Waals surface area contributed by atoms with Gasteiger partial charge in [-0.25, -0.2) is 4.79 Å². The van der Waals surface area contributed by atoms with Gasteiger partial charge in [-0.05, 0) is 37.1 Å². The van der Waals surface area contributed by atoms with Gasteiger partial charge in [0.05, 0.1) is 0 Å². The minimum Gasteiger partial charge on any atom is -0.507 e. The Morgan fingerprint density at radius 3 is 2.38 bits per heavy atom. The van der Waals surface area contributed by atoms with Crippen LogP contribution in [0.1, 0.15) is 38.8 Å². The van der Waals surface area contributed by atoms with Crippen molar-refractivity contribution in [1.29, 1.82) is 0 Å². The van der Waals surface area contributed by atoms with E-state index in [1.807, 2.05) is 30.3 Å². The van der Waals surface area contributed by atoms with Crippen LogP contribution in [0.25, 0.3) is 0 Å². The molecule has 2 aromatic carbocycles. The molecule has 0 amide bonds. The summed E-state index contributed by atoms with van der Waals surface area (Å²) in [6.45, 7) is 3.15. The highest BCUT2D eigenvalue weighted by Crippen LogP contribution is 2.25. The lowest BCUT2D eigenvalue weighted by atomic mass is 9.99. The van der Waals surface area contributed by atoms with Gasteiger partial charge in [-0.2, -0.15) is 0 Å². The van der Waals surface area contributed by atoms with Crippen LogP contribution in [-0.2, 0) is 11.3 Å². The van der Waals surface area contributed by atoms with E-state index in [0.717, 1.165) is 5.56 Å². The third-order valence-corrected chi connectivity index (χ3v) is 3.24. The second-order valence-electron chi connectivity index (χ2n) is 4.75. The van der Waals surface area contributed by atoms with Gasteiger partial charge in [0, 0.05) is 5.56 Å². The molecule has 0 unspecified atom stereocenters. The molecule has 2 aromatic rings. The van der Waals surface area contributed by atoms with Crippen molar-refractivity contribution in [3.05, 3.63) is 64.7 Å². The van der Waals surface area contributed by atoms with Crippen LogP contribution in [0.5, 0.6) is 5.75 Å². The fourth-order valence-electron chi connectivity index (χ4n) is 2.13. The fourth-order valence-corrected chi connectivity index (χ4v) is 2.13. The highest BCUT2D eigenvalue weighted by atomic mass is 16.5. The Kier molecular flexibility index (Phi) is 4.38. The van der Waals surface area contributed by atoms with Gasteiger partial charge < -0.3 is 9.84 Å². The zero-order valence-corrected chi connectivity index (χ0v) is 11.9. The first kappa shape index (κ1) is 14.8. The molecule has 0 aliphatic rings. The highest BCUT2D eigenvalue weighted by molar-refractivity contribution is 6.01. The number of esters is 1. The molecule has 0 saturated heterocycles. The van der Waals surface area contributed by atoms with E-state index in [1.54, 1.807) is 6.92 Å². The maximum atomic E-state index is 12.1. The van der Waals surface area contributed by atoms with Gasteiger partial charge in [0.1, 0.15) is 17.9 Å². The molecule has 2 rings (SSSR count). The molecule has 0 aliphatic carbocycles. The molecule has 1 N–H and O–H groups in total. The summed E-state index contributed by atoms with van der Waals surface area (Å²) in [6, 6.07) is 12.1. The summed E-state index contributed by atoms with van der Waals surface area (Å²) in [5.74, 6) is -0.989. The first-order valence-electron chi connectivity index (χ1n) is 6.55. The number of ketones is 1. The molecule has 4 heteroatoms. The molecule has 0 fully saturated rings. The van der Waals surface area contributed by atoms with Crippen molar-refractivity contribution in [3.8, 4) is 5.75 Å². The lowest BCUT2D eigenvalue weighted by Crippen LogP contribution is -2.10. The number of aromatic hydroxyl groups is 1. The number of rotatable bonds is 4. The van der Waals surface area contributed by atoms with Crippen molar-refractivity contribution in [2.45, 2.75) is 20.5 Å². The van der Waals surface area contributed by atoms with Crippen LogP contribution >= 0.6 is 0 Å². The molecule has 0 aromatic heterocycles. The Balaban J connectivity index is 2.23. The number of phenolic OH excluding ortho intramolecular Hbond substituents is 1. The largest absolute Gasteiger partial charge is 0.507 e. The number of carbonyl (C=O) groups excluding carboxylic acids is 2. The van der Waals surface area contributed by atoms with Crippen LogP contribution < -0.4 is 0 Å². The molecule has 0 atom stereocenters. The summed E-state index contributed by atoms with van der Waals surface area (Å²) >= 11 is 0. The number of Topliss-reactive ketones (excluding diaryl/α,β-unsaturated/α-hetero) is 1. The van der Waals surface area contributed by atoms with Crippen molar-refractivity contribution in [2.24, 2.45) is 0 Å². The molecule has 0 spiro atoms. The Bertz CT molecular complexity index is 675. The van der Waals surface area contributed by atoms with E-state index >= 15 is 0 Å². The molecule has 0 heterocycles. The van der Waals surface area contributed by atoms with Gasteiger partial charge in [-0.15, -0.1) is 0 Å². The third-order valence-electron chi connectivity index (χ3n) is 3.24. The normalized spacial score (nSPS) is 10.2. The first-order valence-corrected chi connectivity index (χ1v) is 6.55. The molecule has 21 heavy (non-hydrogen) atoms. The molecule has 0 bridgehead atoms. The molecule has 108 valence electrons. The number of ether oxygens (including phenoxy) is 1. The average Bonchev–Trinajstić information content (AvgIpc) is 2.46. The van der Waals surface area contributed by atoms with Gasteiger partial charge in [0.25, 0.3) is 0 Å². The predicted octanol–water partition coefficient (Wildman–Crippen LogP) is 3.26. The minimum atomic E-state index is -0.642. The predicted molar refractivity (Wildman–Crippen MR) is 78.4 cm³/mol. The lowest BCUT2D eigenvalue weighted by molar-refractivity contribution is 0.0468. The summed E-state index contributed by atoms with van der Waals surface area (Å²) in [4.78, 5) is 23.6. The second kappa shape index (κ2) is 6.22. The van der Waals surface area contributed by atoms with Crippen molar-refractivity contribution in [1.82, 2.24) is 0 Å². The average molecular weight is 284 g/mol. The quantitative estimate of drug-likeness (QED) is 0.691. The van der Waals surface area contributed by atoms with Crippen molar-refractivity contribution in [2.75, 3.05) is 0 Å². The van der Waals surface area contributed by atoms with Gasteiger partial charge in [0.2, 0.25) is 0 Å². The van der Waals surface area contributed by atoms with Crippen LogP contribution in [0.15, 0.2) is 42.5 Å². The number of phenols is 1. The second-order valence-corrected chi connectivity index (χ2v) is 4.75. The monoisotopic (exact) mass is 284 g/mol. The van der Waals surface area contributed by atoms with E-state index in [1.165, 1.54) is 19.1 Å². The van der Waals surface area contributed by atoms with Crippen molar-refractivity contribution in [3.63, 3.8) is 0 Å². The maximum absolute atomic E-state index is 12.1. The van der Waals surface area contributed by atoms with Crippen molar-refractivity contribution >= 4 is 11.8 Å². The Morgan fingerprint density at radius 1 is 1.10 bits per heavy atom. The summed E-state index contributed by atoms with van der Waals surface area (Å²) < 4.78 is 5.20. The van der Waals surface area contributed by atoms with E-state index in [9.17, 15) is 14.7 Å². The first-order chi connectivity index (χ1) is 10.0. The van der Waals surface area contributed by atoms with Crippen LogP contribution in [-0.4, -0.2) is 16.9 Å². The Labute approximate surface area is 123 Å².